The third-order valence-electron chi connectivity index (χ3n) is 4.92. The molecule has 0 bridgehead atoms. The molecule has 3 aromatic rings. The Balaban J connectivity index is 1.62. The molecule has 0 atom stereocenters. The number of ether oxygens (including phenoxy) is 1. The number of carbonyl (C=O) groups is 1. The van der Waals surface area contributed by atoms with Gasteiger partial charge in [-0.15, -0.1) is 0 Å². The highest BCUT2D eigenvalue weighted by atomic mass is 35.5. The van der Waals surface area contributed by atoms with E-state index < -0.39 is 5.97 Å². The van der Waals surface area contributed by atoms with Crippen molar-refractivity contribution in [1.29, 1.82) is 0 Å². The molecular weight excluding hydrogens is 368 g/mol. The van der Waals surface area contributed by atoms with Crippen molar-refractivity contribution in [3.63, 3.8) is 0 Å². The Hall–Kier alpha value is -2.79. The first-order valence-corrected chi connectivity index (χ1v) is 9.08. The van der Waals surface area contributed by atoms with Gasteiger partial charge in [0.05, 0.1) is 28.5 Å². The van der Waals surface area contributed by atoms with Gasteiger partial charge in [-0.2, -0.15) is 0 Å². The summed E-state index contributed by atoms with van der Waals surface area (Å²) in [6.07, 6.45) is 1.25. The lowest BCUT2D eigenvalue weighted by Crippen LogP contribution is -2.33. The first kappa shape index (κ1) is 17.6. The van der Waals surface area contributed by atoms with Crippen LogP contribution in [0, 0.1) is 11.8 Å². The molecule has 1 aliphatic rings. The molecule has 1 N–H and O–H groups in total. The van der Waals surface area contributed by atoms with Gasteiger partial charge in [0, 0.05) is 6.07 Å². The molecule has 27 heavy (non-hydrogen) atoms. The van der Waals surface area contributed by atoms with Gasteiger partial charge in [0.25, 0.3) is 0 Å². The van der Waals surface area contributed by atoms with Crippen LogP contribution in [0.3, 0.4) is 0 Å². The van der Waals surface area contributed by atoms with Crippen molar-refractivity contribution in [3.05, 3.63) is 63.8 Å². The number of para-hydroxylation sites is 2. The second-order valence-electron chi connectivity index (χ2n) is 6.77. The fraction of sp³-hybridized carbons (Fsp3) is 0.238. The van der Waals surface area contributed by atoms with Gasteiger partial charge in [0.1, 0.15) is 11.5 Å². The molecule has 0 unspecified atom stereocenters. The molecule has 1 aliphatic carbocycles. The molecule has 0 aliphatic heterocycles. The summed E-state index contributed by atoms with van der Waals surface area (Å²) in [4.78, 5) is 23.4. The summed E-state index contributed by atoms with van der Waals surface area (Å²) in [6.45, 7) is 0.430. The van der Waals surface area contributed by atoms with Crippen LogP contribution in [0.15, 0.2) is 57.7 Å². The van der Waals surface area contributed by atoms with Crippen molar-refractivity contribution in [1.82, 2.24) is 0 Å². The molecule has 1 fully saturated rings. The maximum atomic E-state index is 12.4. The standard InChI is InChI=1S/C21H17ClO5/c22-16-6-3-5-14-17(23)10-19(27-20(14)16)15-4-1-2-7-18(15)26-11-12-8-13(9-12)21(24)25/h1-7,10,12-13H,8-9,11H2,(H,24,25). The van der Waals surface area contributed by atoms with Gasteiger partial charge in [-0.05, 0) is 43.0 Å². The average molecular weight is 385 g/mol. The molecule has 0 spiro atoms. The number of benzene rings is 2. The fourth-order valence-electron chi connectivity index (χ4n) is 3.35. The number of rotatable bonds is 5. The Bertz CT molecular complexity index is 1070. The SMILES string of the molecule is O=C(O)C1CC(COc2ccccc2-c2cc(=O)c3cccc(Cl)c3o2)C1. The predicted octanol–water partition coefficient (Wildman–Crippen LogP) is 4.60. The second-order valence-corrected chi connectivity index (χ2v) is 7.18. The van der Waals surface area contributed by atoms with Crippen molar-refractivity contribution >= 4 is 28.5 Å². The molecule has 0 saturated heterocycles. The zero-order valence-electron chi connectivity index (χ0n) is 14.4. The Labute approximate surface area is 160 Å². The minimum atomic E-state index is -0.749. The lowest BCUT2D eigenvalue weighted by Gasteiger charge is -2.32. The minimum absolute atomic E-state index is 0.174. The van der Waals surface area contributed by atoms with E-state index in [0.29, 0.717) is 52.5 Å². The van der Waals surface area contributed by atoms with E-state index in [4.69, 9.17) is 25.9 Å². The molecule has 2 aromatic carbocycles. The van der Waals surface area contributed by atoms with E-state index in [-0.39, 0.29) is 17.3 Å². The largest absolute Gasteiger partial charge is 0.493 e. The van der Waals surface area contributed by atoms with Crippen LogP contribution in [0.2, 0.25) is 5.02 Å². The van der Waals surface area contributed by atoms with Crippen molar-refractivity contribution in [2.24, 2.45) is 11.8 Å². The maximum absolute atomic E-state index is 12.4. The topological polar surface area (TPSA) is 76.7 Å². The van der Waals surface area contributed by atoms with Crippen LogP contribution in [-0.2, 0) is 4.79 Å². The summed E-state index contributed by atoms with van der Waals surface area (Å²) in [5.74, 6) is 0.173. The Morgan fingerprint density at radius 1 is 1.19 bits per heavy atom. The minimum Gasteiger partial charge on any atom is -0.493 e. The summed E-state index contributed by atoms with van der Waals surface area (Å²) in [5, 5.41) is 9.77. The number of carboxylic acids is 1. The number of hydrogen-bond donors (Lipinski definition) is 1. The van der Waals surface area contributed by atoms with Crippen LogP contribution in [0.25, 0.3) is 22.3 Å². The van der Waals surface area contributed by atoms with Gasteiger partial charge >= 0.3 is 5.97 Å². The Kier molecular flexibility index (Phi) is 4.62. The number of fused-ring (bicyclic) bond motifs is 1. The number of aliphatic carboxylic acids is 1. The van der Waals surface area contributed by atoms with Crippen molar-refractivity contribution in [2.45, 2.75) is 12.8 Å². The lowest BCUT2D eigenvalue weighted by atomic mass is 9.75. The highest BCUT2D eigenvalue weighted by molar-refractivity contribution is 6.34. The maximum Gasteiger partial charge on any atom is 0.306 e. The monoisotopic (exact) mass is 384 g/mol. The second kappa shape index (κ2) is 7.08. The Morgan fingerprint density at radius 3 is 2.74 bits per heavy atom. The van der Waals surface area contributed by atoms with Gasteiger partial charge < -0.3 is 14.3 Å². The molecule has 0 amide bonds. The average Bonchev–Trinajstić information content (AvgIpc) is 2.61. The molecule has 4 rings (SSSR count). The first-order valence-electron chi connectivity index (χ1n) is 8.70. The van der Waals surface area contributed by atoms with E-state index in [1.807, 2.05) is 18.2 Å². The summed E-state index contributed by atoms with van der Waals surface area (Å²) < 4.78 is 11.8. The molecule has 5 nitrogen and oxygen atoms in total. The van der Waals surface area contributed by atoms with Crippen LogP contribution in [0.1, 0.15) is 12.8 Å². The van der Waals surface area contributed by atoms with E-state index >= 15 is 0 Å². The molecular formula is C21H17ClO5. The number of hydrogen-bond acceptors (Lipinski definition) is 4. The van der Waals surface area contributed by atoms with Crippen molar-refractivity contribution in [3.8, 4) is 17.1 Å². The summed E-state index contributed by atoms with van der Waals surface area (Å²) in [6, 6.07) is 13.8. The Morgan fingerprint density at radius 2 is 1.96 bits per heavy atom. The van der Waals surface area contributed by atoms with Gasteiger partial charge in [-0.3, -0.25) is 9.59 Å². The highest BCUT2D eigenvalue weighted by Crippen LogP contribution is 2.36. The van der Waals surface area contributed by atoms with Gasteiger partial charge in [-0.25, -0.2) is 0 Å². The van der Waals surface area contributed by atoms with E-state index in [9.17, 15) is 9.59 Å². The van der Waals surface area contributed by atoms with E-state index in [1.165, 1.54) is 6.07 Å². The summed E-state index contributed by atoms with van der Waals surface area (Å²) in [5.41, 5.74) is 0.831. The van der Waals surface area contributed by atoms with E-state index in [1.54, 1.807) is 24.3 Å². The van der Waals surface area contributed by atoms with Gasteiger partial charge in [0.2, 0.25) is 0 Å². The van der Waals surface area contributed by atoms with E-state index in [2.05, 4.69) is 0 Å². The number of carboxylic acid groups (broad SMARTS) is 1. The van der Waals surface area contributed by atoms with Gasteiger partial charge in [-0.1, -0.05) is 29.8 Å². The predicted molar refractivity (Wildman–Crippen MR) is 102 cm³/mol. The zero-order chi connectivity index (χ0) is 19.0. The van der Waals surface area contributed by atoms with Crippen molar-refractivity contribution < 1.29 is 19.1 Å². The lowest BCUT2D eigenvalue weighted by molar-refractivity contribution is -0.146. The highest BCUT2D eigenvalue weighted by Gasteiger charge is 2.34. The molecule has 138 valence electrons. The molecule has 0 radical (unpaired) electrons. The molecule has 1 saturated carbocycles. The van der Waals surface area contributed by atoms with Crippen LogP contribution < -0.4 is 10.2 Å². The quantitative estimate of drug-likeness (QED) is 0.695. The van der Waals surface area contributed by atoms with Crippen LogP contribution >= 0.6 is 11.6 Å². The van der Waals surface area contributed by atoms with Crippen LogP contribution in [0.5, 0.6) is 5.75 Å². The van der Waals surface area contributed by atoms with Crippen LogP contribution in [0.4, 0.5) is 0 Å². The summed E-state index contributed by atoms with van der Waals surface area (Å²) in [7, 11) is 0. The molecule has 1 heterocycles. The molecule has 1 aromatic heterocycles. The smallest absolute Gasteiger partial charge is 0.306 e. The number of halogens is 1. The summed E-state index contributed by atoms with van der Waals surface area (Å²) >= 11 is 6.18. The van der Waals surface area contributed by atoms with E-state index in [0.717, 1.165) is 0 Å². The third-order valence-corrected chi connectivity index (χ3v) is 5.22. The zero-order valence-corrected chi connectivity index (χ0v) is 15.1. The normalized spacial score (nSPS) is 18.9. The third kappa shape index (κ3) is 3.43. The van der Waals surface area contributed by atoms with Crippen LogP contribution in [-0.4, -0.2) is 17.7 Å². The molecule has 6 heteroatoms. The first-order chi connectivity index (χ1) is 13.0. The fourth-order valence-corrected chi connectivity index (χ4v) is 3.57. The van der Waals surface area contributed by atoms with Crippen molar-refractivity contribution in [2.75, 3.05) is 6.61 Å². The van der Waals surface area contributed by atoms with Gasteiger partial charge in [0.15, 0.2) is 11.0 Å².